The lowest BCUT2D eigenvalue weighted by Gasteiger charge is -2.00. The molecule has 0 saturated heterocycles. The van der Waals surface area contributed by atoms with Crippen LogP contribution in [0.4, 0.5) is 9.18 Å². The Bertz CT molecular complexity index is 646. The van der Waals surface area contributed by atoms with Crippen LogP contribution in [0.25, 0.3) is 10.9 Å². The summed E-state index contributed by atoms with van der Waals surface area (Å²) in [6, 6.07) is 4.49. The molecule has 1 aromatic carbocycles. The molecule has 17 heavy (non-hydrogen) atoms. The van der Waals surface area contributed by atoms with Crippen molar-refractivity contribution in [1.82, 2.24) is 4.57 Å². The molecule has 0 aliphatic heterocycles. The number of halogens is 1. The number of carboxylic acid groups (broad SMARTS) is 1. The second-order valence-corrected chi connectivity index (χ2v) is 3.52. The molecule has 0 spiro atoms. The van der Waals surface area contributed by atoms with Crippen LogP contribution in [0.2, 0.25) is 0 Å². The Morgan fingerprint density at radius 1 is 1.53 bits per heavy atom. The third-order valence-electron chi connectivity index (χ3n) is 2.35. The molecular formula is C13H10FNO2. The maximum atomic E-state index is 13.8. The van der Waals surface area contributed by atoms with Gasteiger partial charge in [-0.05, 0) is 18.2 Å². The van der Waals surface area contributed by atoms with Crippen LogP contribution < -0.4 is 0 Å². The number of fused-ring (bicyclic) bond motifs is 1. The van der Waals surface area contributed by atoms with Gasteiger partial charge in [0.15, 0.2) is 0 Å². The first-order valence-corrected chi connectivity index (χ1v) is 5.16. The molecule has 0 radical (unpaired) electrons. The molecule has 1 aromatic heterocycles. The molecule has 2 rings (SSSR count). The second-order valence-electron chi connectivity index (χ2n) is 3.52. The minimum Gasteiger partial charge on any atom is -0.464 e. The first kappa shape index (κ1) is 11.2. The van der Waals surface area contributed by atoms with Gasteiger partial charge in [-0.2, -0.15) is 0 Å². The molecule has 0 unspecified atom stereocenters. The Hall–Kier alpha value is -2.28. The van der Waals surface area contributed by atoms with E-state index in [0.29, 0.717) is 17.4 Å². The third kappa shape index (κ3) is 2.00. The van der Waals surface area contributed by atoms with Crippen molar-refractivity contribution in [2.75, 3.05) is 0 Å². The van der Waals surface area contributed by atoms with Crippen molar-refractivity contribution < 1.29 is 14.3 Å². The topological polar surface area (TPSA) is 42.2 Å². The van der Waals surface area contributed by atoms with E-state index in [1.54, 1.807) is 12.1 Å². The van der Waals surface area contributed by atoms with E-state index in [1.165, 1.54) is 12.3 Å². The quantitative estimate of drug-likeness (QED) is 0.708. The minimum atomic E-state index is -1.20. The van der Waals surface area contributed by atoms with Crippen LogP contribution in [0, 0.1) is 17.7 Å². The van der Waals surface area contributed by atoms with Crippen LogP contribution in [-0.2, 0) is 0 Å². The Morgan fingerprint density at radius 2 is 2.29 bits per heavy atom. The Kier molecular flexibility index (Phi) is 2.84. The largest absolute Gasteiger partial charge is 0.464 e. The Labute approximate surface area is 97.5 Å². The summed E-state index contributed by atoms with van der Waals surface area (Å²) >= 11 is 0. The maximum Gasteiger partial charge on any atom is 0.416 e. The summed E-state index contributed by atoms with van der Waals surface area (Å²) in [4.78, 5) is 10.9. The van der Waals surface area contributed by atoms with Gasteiger partial charge >= 0.3 is 6.09 Å². The maximum absolute atomic E-state index is 13.8. The number of rotatable bonds is 0. The Balaban J connectivity index is 2.65. The second kappa shape index (κ2) is 4.30. The van der Waals surface area contributed by atoms with Crippen molar-refractivity contribution in [3.63, 3.8) is 0 Å². The summed E-state index contributed by atoms with van der Waals surface area (Å²) in [5, 5.41) is 9.41. The van der Waals surface area contributed by atoms with Gasteiger partial charge in [0, 0.05) is 23.6 Å². The monoisotopic (exact) mass is 231 g/mol. The van der Waals surface area contributed by atoms with Gasteiger partial charge in [-0.3, -0.25) is 0 Å². The van der Waals surface area contributed by atoms with Gasteiger partial charge in [-0.25, -0.2) is 13.8 Å². The molecule has 2 aromatic rings. The fourth-order valence-corrected chi connectivity index (χ4v) is 1.65. The molecule has 1 N–H and O–H groups in total. The normalized spacial score (nSPS) is 10.0. The average Bonchev–Trinajstić information content (AvgIpc) is 2.70. The lowest BCUT2D eigenvalue weighted by Crippen LogP contribution is -2.06. The van der Waals surface area contributed by atoms with E-state index in [9.17, 15) is 9.18 Å². The van der Waals surface area contributed by atoms with Crippen LogP contribution in [0.15, 0.2) is 24.4 Å². The van der Waals surface area contributed by atoms with E-state index in [4.69, 9.17) is 5.11 Å². The van der Waals surface area contributed by atoms with Gasteiger partial charge in [-0.1, -0.05) is 18.8 Å². The van der Waals surface area contributed by atoms with Gasteiger partial charge in [0.25, 0.3) is 0 Å². The highest BCUT2D eigenvalue weighted by atomic mass is 19.1. The molecule has 0 saturated carbocycles. The van der Waals surface area contributed by atoms with E-state index in [1.807, 2.05) is 6.92 Å². The smallest absolute Gasteiger partial charge is 0.416 e. The number of aromatic nitrogens is 1. The van der Waals surface area contributed by atoms with Crippen molar-refractivity contribution in [3.8, 4) is 11.8 Å². The molecule has 0 aliphatic rings. The molecule has 3 nitrogen and oxygen atoms in total. The standard InChI is InChI=1S/C13H10FNO2/c1-2-3-4-9-7-10-5-6-15(13(16)17)12(10)11(14)8-9/h5-8H,2H2,1H3,(H,16,17). The highest BCUT2D eigenvalue weighted by Gasteiger charge is 2.12. The molecule has 4 heteroatoms. The van der Waals surface area contributed by atoms with Gasteiger partial charge in [0.1, 0.15) is 5.82 Å². The molecule has 0 amide bonds. The molecule has 0 atom stereocenters. The number of carbonyl (C=O) groups is 1. The lowest BCUT2D eigenvalue weighted by molar-refractivity contribution is 0.197. The van der Waals surface area contributed by atoms with Crippen molar-refractivity contribution in [3.05, 3.63) is 35.8 Å². The first-order valence-electron chi connectivity index (χ1n) is 5.16. The molecule has 1 heterocycles. The molecule has 0 bridgehead atoms. The predicted octanol–water partition coefficient (Wildman–Crippen LogP) is 3.07. The molecule has 86 valence electrons. The van der Waals surface area contributed by atoms with Gasteiger partial charge < -0.3 is 5.11 Å². The van der Waals surface area contributed by atoms with Crippen molar-refractivity contribution in [2.45, 2.75) is 13.3 Å². The van der Waals surface area contributed by atoms with Crippen molar-refractivity contribution in [2.24, 2.45) is 0 Å². The zero-order valence-corrected chi connectivity index (χ0v) is 9.20. The summed E-state index contributed by atoms with van der Waals surface area (Å²) in [5.74, 6) is 5.09. The van der Waals surface area contributed by atoms with E-state index >= 15 is 0 Å². The molecular weight excluding hydrogens is 221 g/mol. The van der Waals surface area contributed by atoms with E-state index in [-0.39, 0.29) is 5.52 Å². The fraction of sp³-hybridized carbons (Fsp3) is 0.154. The predicted molar refractivity (Wildman–Crippen MR) is 62.5 cm³/mol. The van der Waals surface area contributed by atoms with E-state index in [0.717, 1.165) is 4.57 Å². The number of benzene rings is 1. The van der Waals surface area contributed by atoms with E-state index in [2.05, 4.69) is 11.8 Å². The number of hydrogen-bond acceptors (Lipinski definition) is 1. The van der Waals surface area contributed by atoms with Crippen LogP contribution in [0.3, 0.4) is 0 Å². The van der Waals surface area contributed by atoms with E-state index < -0.39 is 11.9 Å². The fourth-order valence-electron chi connectivity index (χ4n) is 1.65. The van der Waals surface area contributed by atoms with Crippen LogP contribution >= 0.6 is 0 Å². The SMILES string of the molecule is CCC#Cc1cc(F)c2c(ccn2C(=O)O)c1. The summed E-state index contributed by atoms with van der Waals surface area (Å²) < 4.78 is 14.6. The average molecular weight is 231 g/mol. The zero-order valence-electron chi connectivity index (χ0n) is 9.20. The van der Waals surface area contributed by atoms with Gasteiger partial charge in [-0.15, -0.1) is 0 Å². The van der Waals surface area contributed by atoms with Gasteiger partial charge in [0.2, 0.25) is 0 Å². The van der Waals surface area contributed by atoms with Crippen molar-refractivity contribution in [1.29, 1.82) is 0 Å². The first-order chi connectivity index (χ1) is 8.13. The summed E-state index contributed by atoms with van der Waals surface area (Å²) in [5.41, 5.74) is 0.625. The highest BCUT2D eigenvalue weighted by molar-refractivity contribution is 5.90. The summed E-state index contributed by atoms with van der Waals surface area (Å²) in [7, 11) is 0. The van der Waals surface area contributed by atoms with Crippen molar-refractivity contribution >= 4 is 17.0 Å². The van der Waals surface area contributed by atoms with Crippen LogP contribution in [-0.4, -0.2) is 15.8 Å². The lowest BCUT2D eigenvalue weighted by atomic mass is 10.1. The Morgan fingerprint density at radius 3 is 2.94 bits per heavy atom. The van der Waals surface area contributed by atoms with Gasteiger partial charge in [0.05, 0.1) is 5.52 Å². The number of nitrogens with zero attached hydrogens (tertiary/aromatic N) is 1. The summed E-state index contributed by atoms with van der Waals surface area (Å²) in [6.07, 6.45) is 0.814. The van der Waals surface area contributed by atoms with Crippen LogP contribution in [0.5, 0.6) is 0 Å². The minimum absolute atomic E-state index is 0.0690. The highest BCUT2D eigenvalue weighted by Crippen LogP contribution is 2.21. The number of hydrogen-bond donors (Lipinski definition) is 1. The zero-order chi connectivity index (χ0) is 12.4. The third-order valence-corrected chi connectivity index (χ3v) is 2.35. The van der Waals surface area contributed by atoms with Crippen LogP contribution in [0.1, 0.15) is 18.9 Å². The molecule has 0 fully saturated rings. The molecule has 0 aliphatic carbocycles. The summed E-state index contributed by atoms with van der Waals surface area (Å²) in [6.45, 7) is 1.91.